The highest BCUT2D eigenvalue weighted by Gasteiger charge is 2.14. The lowest BCUT2D eigenvalue weighted by Crippen LogP contribution is -1.83. The molecule has 0 unspecified atom stereocenters. The molecule has 0 amide bonds. The van der Waals surface area contributed by atoms with Crippen LogP contribution < -0.4 is 5.73 Å². The van der Waals surface area contributed by atoms with Gasteiger partial charge in [-0.3, -0.25) is 0 Å². The summed E-state index contributed by atoms with van der Waals surface area (Å²) >= 11 is 1.85. The van der Waals surface area contributed by atoms with Crippen LogP contribution in [0.2, 0.25) is 0 Å². The number of rotatable bonds is 1. The molecule has 0 bridgehead atoms. The largest absolute Gasteiger partial charge is 0.399 e. The van der Waals surface area contributed by atoms with E-state index in [4.69, 9.17) is 5.73 Å². The lowest BCUT2D eigenvalue weighted by molar-refractivity contribution is 1.69. The molecule has 5 rings (SSSR count). The second-order valence-electron chi connectivity index (χ2n) is 6.07. The maximum absolute atomic E-state index is 6.04. The van der Waals surface area contributed by atoms with Crippen LogP contribution in [0.3, 0.4) is 0 Å². The van der Waals surface area contributed by atoms with Crippen LogP contribution in [0.25, 0.3) is 42.1 Å². The Kier molecular flexibility index (Phi) is 2.88. The minimum Gasteiger partial charge on any atom is -0.399 e. The predicted octanol–water partition coefficient (Wildman–Crippen LogP) is 6.46. The van der Waals surface area contributed by atoms with Gasteiger partial charge in [-0.25, -0.2) is 0 Å². The van der Waals surface area contributed by atoms with Gasteiger partial charge in [-0.15, -0.1) is 11.3 Å². The molecule has 1 nitrogen and oxygen atoms in total. The summed E-state index contributed by atoms with van der Waals surface area (Å²) < 4.78 is 2.62. The van der Waals surface area contributed by atoms with Crippen molar-refractivity contribution in [1.82, 2.24) is 0 Å². The SMILES string of the molecule is Nc1ccc2sc3c(-c4ccccc4)c4ccccc4cc3c2c1. The highest BCUT2D eigenvalue weighted by Crippen LogP contribution is 2.44. The predicted molar refractivity (Wildman–Crippen MR) is 107 cm³/mol. The van der Waals surface area contributed by atoms with E-state index >= 15 is 0 Å². The normalized spacial score (nSPS) is 11.5. The number of fused-ring (bicyclic) bond motifs is 4. The van der Waals surface area contributed by atoms with Gasteiger partial charge in [0.15, 0.2) is 0 Å². The zero-order valence-electron chi connectivity index (χ0n) is 13.0. The third-order valence-corrected chi connectivity index (χ3v) is 5.77. The van der Waals surface area contributed by atoms with E-state index in [1.165, 1.54) is 42.1 Å². The standard InChI is InChI=1S/C22H15NS/c23-16-10-11-20-18(13-16)19-12-15-8-4-5-9-17(15)21(22(19)24-20)14-6-2-1-3-7-14/h1-13H,23H2. The van der Waals surface area contributed by atoms with E-state index in [-0.39, 0.29) is 0 Å². The van der Waals surface area contributed by atoms with E-state index in [1.807, 2.05) is 17.4 Å². The average molecular weight is 325 g/mol. The van der Waals surface area contributed by atoms with Gasteiger partial charge >= 0.3 is 0 Å². The van der Waals surface area contributed by atoms with E-state index in [1.54, 1.807) is 0 Å². The summed E-state index contributed by atoms with van der Waals surface area (Å²) in [6.45, 7) is 0. The molecule has 0 saturated carbocycles. The van der Waals surface area contributed by atoms with Gasteiger partial charge < -0.3 is 5.73 Å². The number of benzene rings is 4. The maximum atomic E-state index is 6.04. The fourth-order valence-electron chi connectivity index (χ4n) is 3.48. The Morgan fingerprint density at radius 2 is 1.46 bits per heavy atom. The molecule has 4 aromatic carbocycles. The summed E-state index contributed by atoms with van der Waals surface area (Å²) in [6.07, 6.45) is 0. The Bertz CT molecular complexity index is 1200. The summed E-state index contributed by atoms with van der Waals surface area (Å²) in [6, 6.07) is 27.8. The molecule has 114 valence electrons. The van der Waals surface area contributed by atoms with Crippen molar-refractivity contribution in [2.45, 2.75) is 0 Å². The quantitative estimate of drug-likeness (QED) is 0.352. The summed E-state index contributed by atoms with van der Waals surface area (Å²) in [4.78, 5) is 0. The zero-order chi connectivity index (χ0) is 16.1. The highest BCUT2D eigenvalue weighted by atomic mass is 32.1. The van der Waals surface area contributed by atoms with E-state index in [2.05, 4.69) is 72.8 Å². The third kappa shape index (κ3) is 1.93. The number of thiophene rings is 1. The first kappa shape index (κ1) is 13.6. The average Bonchev–Trinajstić information content (AvgIpc) is 2.98. The molecule has 2 heteroatoms. The fraction of sp³-hybridized carbons (Fsp3) is 0. The van der Waals surface area contributed by atoms with Crippen LogP contribution in [-0.2, 0) is 0 Å². The number of hydrogen-bond donors (Lipinski definition) is 1. The van der Waals surface area contributed by atoms with Crippen LogP contribution in [0, 0.1) is 0 Å². The van der Waals surface area contributed by atoms with E-state index in [9.17, 15) is 0 Å². The molecule has 0 atom stereocenters. The Morgan fingerprint density at radius 3 is 2.33 bits per heavy atom. The summed E-state index contributed by atoms with van der Waals surface area (Å²) in [5.74, 6) is 0. The maximum Gasteiger partial charge on any atom is 0.0440 e. The molecule has 1 aromatic heterocycles. The van der Waals surface area contributed by atoms with E-state index < -0.39 is 0 Å². The molecule has 5 aromatic rings. The van der Waals surface area contributed by atoms with Crippen LogP contribution in [0.4, 0.5) is 5.69 Å². The number of nitrogen functional groups attached to an aromatic ring is 1. The molecule has 2 N–H and O–H groups in total. The Morgan fingerprint density at radius 1 is 0.667 bits per heavy atom. The van der Waals surface area contributed by atoms with Gasteiger partial charge in [0.25, 0.3) is 0 Å². The molecular formula is C22H15NS. The minimum absolute atomic E-state index is 0.816. The molecule has 0 spiro atoms. The molecule has 0 saturated heterocycles. The molecule has 1 heterocycles. The van der Waals surface area contributed by atoms with E-state index in [0.29, 0.717) is 0 Å². The van der Waals surface area contributed by atoms with Gasteiger partial charge in [0.1, 0.15) is 0 Å². The van der Waals surface area contributed by atoms with E-state index in [0.717, 1.165) is 5.69 Å². The lowest BCUT2D eigenvalue weighted by Gasteiger charge is -2.09. The summed E-state index contributed by atoms with van der Waals surface area (Å²) in [5, 5.41) is 5.11. The molecular weight excluding hydrogens is 310 g/mol. The van der Waals surface area contributed by atoms with Crippen LogP contribution in [-0.4, -0.2) is 0 Å². The number of nitrogens with two attached hydrogens (primary N) is 1. The first-order chi connectivity index (χ1) is 11.8. The van der Waals surface area contributed by atoms with Gasteiger partial charge in [-0.05, 0) is 40.6 Å². The smallest absolute Gasteiger partial charge is 0.0440 e. The van der Waals surface area contributed by atoms with Crippen LogP contribution >= 0.6 is 11.3 Å². The Labute approximate surface area is 144 Å². The Hall–Kier alpha value is -2.84. The number of hydrogen-bond acceptors (Lipinski definition) is 2. The van der Waals surface area contributed by atoms with Gasteiger partial charge in [0.05, 0.1) is 0 Å². The zero-order valence-corrected chi connectivity index (χ0v) is 13.8. The first-order valence-electron chi connectivity index (χ1n) is 8.00. The lowest BCUT2D eigenvalue weighted by atomic mass is 9.95. The van der Waals surface area contributed by atoms with Crippen molar-refractivity contribution in [3.8, 4) is 11.1 Å². The number of anilines is 1. The molecule has 0 radical (unpaired) electrons. The van der Waals surface area contributed by atoms with Crippen LogP contribution in [0.5, 0.6) is 0 Å². The second kappa shape index (κ2) is 5.08. The van der Waals surface area contributed by atoms with Gasteiger partial charge in [0.2, 0.25) is 0 Å². The van der Waals surface area contributed by atoms with Gasteiger partial charge in [0, 0.05) is 31.4 Å². The van der Waals surface area contributed by atoms with Gasteiger partial charge in [-0.1, -0.05) is 54.6 Å². The van der Waals surface area contributed by atoms with Crippen molar-refractivity contribution in [3.63, 3.8) is 0 Å². The first-order valence-corrected chi connectivity index (χ1v) is 8.82. The topological polar surface area (TPSA) is 26.0 Å². The van der Waals surface area contributed by atoms with Crippen molar-refractivity contribution in [3.05, 3.63) is 78.9 Å². The summed E-state index contributed by atoms with van der Waals surface area (Å²) in [5.41, 5.74) is 9.44. The monoisotopic (exact) mass is 325 g/mol. The molecule has 0 fully saturated rings. The third-order valence-electron chi connectivity index (χ3n) is 4.57. The minimum atomic E-state index is 0.816. The summed E-state index contributed by atoms with van der Waals surface area (Å²) in [7, 11) is 0. The van der Waals surface area contributed by atoms with Crippen molar-refractivity contribution in [2.75, 3.05) is 5.73 Å². The Balaban J connectivity index is 2.05. The second-order valence-corrected chi connectivity index (χ2v) is 7.13. The molecule has 0 aliphatic rings. The molecule has 0 aliphatic carbocycles. The molecule has 0 aliphatic heterocycles. The van der Waals surface area contributed by atoms with Crippen LogP contribution in [0.1, 0.15) is 0 Å². The van der Waals surface area contributed by atoms with Crippen molar-refractivity contribution in [1.29, 1.82) is 0 Å². The fourth-order valence-corrected chi connectivity index (χ4v) is 4.73. The van der Waals surface area contributed by atoms with Crippen molar-refractivity contribution < 1.29 is 0 Å². The van der Waals surface area contributed by atoms with Crippen molar-refractivity contribution in [2.24, 2.45) is 0 Å². The van der Waals surface area contributed by atoms with Crippen molar-refractivity contribution >= 4 is 48.0 Å². The van der Waals surface area contributed by atoms with Crippen LogP contribution in [0.15, 0.2) is 78.9 Å². The van der Waals surface area contributed by atoms with Gasteiger partial charge in [-0.2, -0.15) is 0 Å². The molecule has 24 heavy (non-hydrogen) atoms. The highest BCUT2D eigenvalue weighted by molar-refractivity contribution is 7.26.